The van der Waals surface area contributed by atoms with Crippen molar-refractivity contribution in [3.05, 3.63) is 62.8 Å². The molecule has 4 aromatic rings. The van der Waals surface area contributed by atoms with E-state index in [1.807, 2.05) is 36.5 Å². The molecule has 152 valence electrons. The van der Waals surface area contributed by atoms with E-state index < -0.39 is 0 Å². The van der Waals surface area contributed by atoms with E-state index in [0.717, 1.165) is 25.7 Å². The smallest absolute Gasteiger partial charge is 0.224 e. The summed E-state index contributed by atoms with van der Waals surface area (Å²) in [7, 11) is 0. The fourth-order valence-corrected chi connectivity index (χ4v) is 4.22. The molecule has 5 rings (SSSR count). The van der Waals surface area contributed by atoms with E-state index >= 15 is 0 Å². The summed E-state index contributed by atoms with van der Waals surface area (Å²) in [5, 5.41) is 15.6. The maximum atomic E-state index is 5.96. The number of benzene rings is 1. The fraction of sp³-hybridized carbons (Fsp3) is 0.200. The summed E-state index contributed by atoms with van der Waals surface area (Å²) < 4.78 is 0.770. The third-order valence-electron chi connectivity index (χ3n) is 4.67. The van der Waals surface area contributed by atoms with Crippen LogP contribution in [0.25, 0.3) is 10.6 Å². The maximum Gasteiger partial charge on any atom is 0.224 e. The van der Waals surface area contributed by atoms with Gasteiger partial charge in [-0.3, -0.25) is 5.10 Å². The quantitative estimate of drug-likeness (QED) is 0.288. The first-order valence-corrected chi connectivity index (χ1v) is 11.4. The van der Waals surface area contributed by atoms with Crippen LogP contribution in [0.1, 0.15) is 29.3 Å². The molecule has 0 bridgehead atoms. The van der Waals surface area contributed by atoms with Crippen molar-refractivity contribution in [3.63, 3.8) is 0 Å². The number of nitrogens with one attached hydrogen (secondary N) is 3. The van der Waals surface area contributed by atoms with Gasteiger partial charge in [-0.25, -0.2) is 9.97 Å². The monoisotopic (exact) mass is 501 g/mol. The zero-order chi connectivity index (χ0) is 20.5. The summed E-state index contributed by atoms with van der Waals surface area (Å²) >= 11 is 11.1. The van der Waals surface area contributed by atoms with Crippen molar-refractivity contribution in [1.82, 2.24) is 25.1 Å². The summed E-state index contributed by atoms with van der Waals surface area (Å²) in [6.45, 7) is 0.584. The van der Waals surface area contributed by atoms with E-state index in [0.29, 0.717) is 29.3 Å². The third-order valence-corrected chi connectivity index (χ3v) is 6.55. The van der Waals surface area contributed by atoms with Gasteiger partial charge in [0.1, 0.15) is 5.01 Å². The lowest BCUT2D eigenvalue weighted by molar-refractivity contribution is 0.966. The van der Waals surface area contributed by atoms with Gasteiger partial charge in [0.05, 0.1) is 11.0 Å². The van der Waals surface area contributed by atoms with Crippen molar-refractivity contribution >= 4 is 56.5 Å². The van der Waals surface area contributed by atoms with Crippen LogP contribution in [0.3, 0.4) is 0 Å². The molecule has 1 fully saturated rings. The number of halogens is 2. The minimum Gasteiger partial charge on any atom is -0.349 e. The molecule has 1 saturated carbocycles. The van der Waals surface area contributed by atoms with Crippen molar-refractivity contribution in [2.75, 3.05) is 10.6 Å². The van der Waals surface area contributed by atoms with Gasteiger partial charge in [0.15, 0.2) is 11.6 Å². The minimum absolute atomic E-state index is 0.528. The summed E-state index contributed by atoms with van der Waals surface area (Å²) in [6, 6.07) is 9.71. The molecule has 0 saturated heterocycles. The predicted molar refractivity (Wildman–Crippen MR) is 123 cm³/mol. The van der Waals surface area contributed by atoms with Gasteiger partial charge in [0.2, 0.25) is 5.95 Å². The molecule has 0 spiro atoms. The summed E-state index contributed by atoms with van der Waals surface area (Å²) in [4.78, 5) is 14.5. The molecule has 0 radical (unpaired) electrons. The predicted octanol–water partition coefficient (Wildman–Crippen LogP) is 5.97. The van der Waals surface area contributed by atoms with Crippen molar-refractivity contribution in [1.29, 1.82) is 0 Å². The van der Waals surface area contributed by atoms with Gasteiger partial charge >= 0.3 is 0 Å². The fourth-order valence-electron chi connectivity index (χ4n) is 2.95. The van der Waals surface area contributed by atoms with Gasteiger partial charge in [-0.1, -0.05) is 23.7 Å². The number of thiazole rings is 1. The molecule has 3 heterocycles. The van der Waals surface area contributed by atoms with Crippen LogP contribution in [-0.2, 0) is 6.54 Å². The molecule has 3 N–H and O–H groups in total. The van der Waals surface area contributed by atoms with Gasteiger partial charge in [0, 0.05) is 45.5 Å². The standard InChI is InChI=1S/C20H17BrClN7S/c21-15-10-25-20(27-18(15)26-17-7-16(28-29-17)11-1-2-11)24-9-14-8-23-19(30-14)12-3-5-13(22)6-4-12/h3-8,10-11H,1-2,9H2,(H3,24,25,26,27,28,29). The number of aromatic nitrogens is 5. The average Bonchev–Trinajstić information content (AvgIpc) is 3.31. The number of rotatable bonds is 7. The third kappa shape index (κ3) is 4.48. The number of aromatic amines is 1. The number of hydrogen-bond acceptors (Lipinski definition) is 7. The SMILES string of the molecule is Clc1ccc(-c2ncc(CNc3ncc(Br)c(Nc4cc(C5CC5)[nH]n4)n3)s2)cc1. The molecular weight excluding hydrogens is 486 g/mol. The molecule has 3 aromatic heterocycles. The first-order valence-electron chi connectivity index (χ1n) is 9.43. The second-order valence-electron chi connectivity index (χ2n) is 6.99. The summed E-state index contributed by atoms with van der Waals surface area (Å²) in [6.07, 6.45) is 6.04. The lowest BCUT2D eigenvalue weighted by Crippen LogP contribution is -2.05. The van der Waals surface area contributed by atoms with Crippen LogP contribution in [0.2, 0.25) is 5.02 Å². The molecule has 10 heteroatoms. The second-order valence-corrected chi connectivity index (χ2v) is 9.40. The molecule has 1 aliphatic rings. The highest BCUT2D eigenvalue weighted by Crippen LogP contribution is 2.39. The Balaban J connectivity index is 1.25. The van der Waals surface area contributed by atoms with Gasteiger partial charge in [-0.05, 0) is 40.9 Å². The molecule has 30 heavy (non-hydrogen) atoms. The van der Waals surface area contributed by atoms with Gasteiger partial charge in [0.25, 0.3) is 0 Å². The lowest BCUT2D eigenvalue weighted by atomic mass is 10.2. The van der Waals surface area contributed by atoms with E-state index in [-0.39, 0.29) is 0 Å². The molecule has 0 atom stereocenters. The Hall–Kier alpha value is -2.49. The Kier molecular flexibility index (Phi) is 5.41. The topological polar surface area (TPSA) is 91.4 Å². The lowest BCUT2D eigenvalue weighted by Gasteiger charge is -2.08. The Morgan fingerprint density at radius 3 is 2.80 bits per heavy atom. The molecule has 1 aliphatic carbocycles. The van der Waals surface area contributed by atoms with Gasteiger partial charge in [-0.15, -0.1) is 11.3 Å². The number of H-pyrrole nitrogens is 1. The zero-order valence-electron chi connectivity index (χ0n) is 15.7. The molecule has 0 aliphatic heterocycles. The highest BCUT2D eigenvalue weighted by molar-refractivity contribution is 9.10. The molecule has 0 amide bonds. The van der Waals surface area contributed by atoms with Gasteiger partial charge in [-0.2, -0.15) is 10.1 Å². The van der Waals surface area contributed by atoms with E-state index in [9.17, 15) is 0 Å². The maximum absolute atomic E-state index is 5.96. The Morgan fingerprint density at radius 2 is 2.00 bits per heavy atom. The average molecular weight is 503 g/mol. The summed E-state index contributed by atoms with van der Waals surface area (Å²) in [5.74, 6) is 2.56. The Bertz CT molecular complexity index is 1170. The normalized spacial score (nSPS) is 13.4. The van der Waals surface area contributed by atoms with Crippen LogP contribution in [-0.4, -0.2) is 25.1 Å². The summed E-state index contributed by atoms with van der Waals surface area (Å²) in [5.41, 5.74) is 2.22. The molecular formula is C20H17BrClN7S. The van der Waals surface area contributed by atoms with Crippen LogP contribution < -0.4 is 10.6 Å². The first kappa shape index (κ1) is 19.5. The van der Waals surface area contributed by atoms with Crippen molar-refractivity contribution < 1.29 is 0 Å². The highest BCUT2D eigenvalue weighted by Gasteiger charge is 2.25. The van der Waals surface area contributed by atoms with Crippen LogP contribution in [0.5, 0.6) is 0 Å². The van der Waals surface area contributed by atoms with Gasteiger partial charge < -0.3 is 10.6 Å². The van der Waals surface area contributed by atoms with Crippen molar-refractivity contribution in [2.45, 2.75) is 25.3 Å². The molecule has 0 unspecified atom stereocenters. The zero-order valence-corrected chi connectivity index (χ0v) is 18.9. The number of hydrogen-bond donors (Lipinski definition) is 3. The first-order chi connectivity index (χ1) is 14.6. The van der Waals surface area contributed by atoms with Crippen LogP contribution >= 0.6 is 38.9 Å². The number of nitrogens with zero attached hydrogens (tertiary/aromatic N) is 4. The molecule has 7 nitrogen and oxygen atoms in total. The second kappa shape index (κ2) is 8.33. The molecule has 1 aromatic carbocycles. The van der Waals surface area contributed by atoms with E-state index in [1.54, 1.807) is 17.5 Å². The largest absolute Gasteiger partial charge is 0.349 e. The van der Waals surface area contributed by atoms with E-state index in [2.05, 4.69) is 51.7 Å². The van der Waals surface area contributed by atoms with Crippen LogP contribution in [0.4, 0.5) is 17.6 Å². The highest BCUT2D eigenvalue weighted by atomic mass is 79.9. The van der Waals surface area contributed by atoms with Crippen molar-refractivity contribution in [2.24, 2.45) is 0 Å². The van der Waals surface area contributed by atoms with Crippen molar-refractivity contribution in [3.8, 4) is 10.6 Å². The Morgan fingerprint density at radius 1 is 1.17 bits per heavy atom. The number of anilines is 3. The Labute approximate surface area is 190 Å². The van der Waals surface area contributed by atoms with E-state index in [1.165, 1.54) is 18.5 Å². The van der Waals surface area contributed by atoms with Crippen LogP contribution in [0, 0.1) is 0 Å². The van der Waals surface area contributed by atoms with Crippen LogP contribution in [0.15, 0.2) is 47.2 Å². The minimum atomic E-state index is 0.528. The van der Waals surface area contributed by atoms with E-state index in [4.69, 9.17) is 11.6 Å².